The van der Waals surface area contributed by atoms with E-state index in [1.807, 2.05) is 45.3 Å². The highest BCUT2D eigenvalue weighted by molar-refractivity contribution is 5.96. The highest BCUT2D eigenvalue weighted by Gasteiger charge is 2.18. The van der Waals surface area contributed by atoms with Crippen LogP contribution in [0.2, 0.25) is 0 Å². The Morgan fingerprint density at radius 2 is 1.72 bits per heavy atom. The monoisotopic (exact) mass is 389 g/mol. The van der Waals surface area contributed by atoms with E-state index >= 15 is 0 Å². The van der Waals surface area contributed by atoms with E-state index in [9.17, 15) is 4.79 Å². The molecule has 3 rings (SSSR count). The maximum atomic E-state index is 13.0. The number of hydrogen-bond donors (Lipinski definition) is 1. The summed E-state index contributed by atoms with van der Waals surface area (Å²) in [6, 6.07) is 12.5. The molecule has 1 heterocycles. The molecule has 0 atom stereocenters. The summed E-state index contributed by atoms with van der Waals surface area (Å²) in [6.45, 7) is 14.4. The van der Waals surface area contributed by atoms with Crippen molar-refractivity contribution in [1.82, 2.24) is 14.9 Å². The second-order valence-corrected chi connectivity index (χ2v) is 9.08. The fourth-order valence-electron chi connectivity index (χ4n) is 3.34. The normalized spacial score (nSPS) is 11.7. The minimum atomic E-state index is -0.300. The second kappa shape index (κ2) is 7.86. The van der Waals surface area contributed by atoms with Crippen LogP contribution in [-0.2, 0) is 0 Å². The highest BCUT2D eigenvalue weighted by atomic mass is 16.1. The van der Waals surface area contributed by atoms with Crippen molar-refractivity contribution >= 4 is 5.91 Å². The first-order chi connectivity index (χ1) is 13.5. The smallest absolute Gasteiger partial charge is 0.251 e. The summed E-state index contributed by atoms with van der Waals surface area (Å²) in [4.78, 5) is 17.5. The van der Waals surface area contributed by atoms with Crippen LogP contribution in [0.4, 0.5) is 0 Å². The molecular weight excluding hydrogens is 358 g/mol. The zero-order valence-corrected chi connectivity index (χ0v) is 18.5. The van der Waals surface area contributed by atoms with E-state index in [1.165, 1.54) is 11.1 Å². The van der Waals surface area contributed by atoms with Crippen molar-refractivity contribution in [3.8, 4) is 16.8 Å². The zero-order chi connectivity index (χ0) is 21.3. The predicted molar refractivity (Wildman–Crippen MR) is 120 cm³/mol. The third kappa shape index (κ3) is 4.76. The Morgan fingerprint density at radius 3 is 2.34 bits per heavy atom. The Labute approximate surface area is 174 Å². The number of carbonyl (C=O) groups excluding carboxylic acids is 1. The van der Waals surface area contributed by atoms with E-state index in [0.717, 1.165) is 22.6 Å². The molecule has 4 nitrogen and oxygen atoms in total. The molecule has 0 aliphatic carbocycles. The lowest BCUT2D eigenvalue weighted by atomic mass is 9.97. The molecule has 4 heteroatoms. The molecule has 0 unspecified atom stereocenters. The Morgan fingerprint density at radius 1 is 1.00 bits per heavy atom. The van der Waals surface area contributed by atoms with Crippen molar-refractivity contribution in [2.45, 2.75) is 59.9 Å². The standard InChI is InChI=1S/C25H31N3O/c1-16(2)23-26-10-11-28(23)22-14-20(19-9-8-17(3)18(4)12-19)13-21(15-22)24(29)27-25(5,6)7/h8-16H,1-7H3,(H,27,29). The number of nitrogens with one attached hydrogen (secondary N) is 1. The van der Waals surface area contributed by atoms with E-state index in [0.29, 0.717) is 5.56 Å². The molecule has 0 radical (unpaired) electrons. The summed E-state index contributed by atoms with van der Waals surface area (Å²) >= 11 is 0. The van der Waals surface area contributed by atoms with Gasteiger partial charge >= 0.3 is 0 Å². The summed E-state index contributed by atoms with van der Waals surface area (Å²) in [5, 5.41) is 3.08. The van der Waals surface area contributed by atoms with E-state index < -0.39 is 0 Å². The predicted octanol–water partition coefficient (Wildman–Crippen LogP) is 5.81. The van der Waals surface area contributed by atoms with Gasteiger partial charge in [0.2, 0.25) is 0 Å². The van der Waals surface area contributed by atoms with E-state index in [2.05, 4.69) is 66.8 Å². The molecule has 2 aromatic carbocycles. The average molecular weight is 390 g/mol. The van der Waals surface area contributed by atoms with Crippen LogP contribution in [0, 0.1) is 13.8 Å². The van der Waals surface area contributed by atoms with Crippen LogP contribution >= 0.6 is 0 Å². The largest absolute Gasteiger partial charge is 0.347 e. The van der Waals surface area contributed by atoms with Gasteiger partial charge in [0.25, 0.3) is 5.91 Å². The third-order valence-corrected chi connectivity index (χ3v) is 4.97. The molecule has 152 valence electrons. The van der Waals surface area contributed by atoms with Crippen LogP contribution in [0.15, 0.2) is 48.8 Å². The number of nitrogens with zero attached hydrogens (tertiary/aromatic N) is 2. The molecule has 0 bridgehead atoms. The van der Waals surface area contributed by atoms with Gasteiger partial charge in [0, 0.05) is 35.1 Å². The number of benzene rings is 2. The van der Waals surface area contributed by atoms with E-state index in [4.69, 9.17) is 0 Å². The van der Waals surface area contributed by atoms with Gasteiger partial charge in [-0.15, -0.1) is 0 Å². The third-order valence-electron chi connectivity index (χ3n) is 4.97. The number of aryl methyl sites for hydroxylation is 2. The Hall–Kier alpha value is -2.88. The van der Waals surface area contributed by atoms with Crippen LogP contribution in [0.5, 0.6) is 0 Å². The fourth-order valence-corrected chi connectivity index (χ4v) is 3.34. The van der Waals surface area contributed by atoms with Crippen molar-refractivity contribution in [3.63, 3.8) is 0 Å². The van der Waals surface area contributed by atoms with E-state index in [1.54, 1.807) is 0 Å². The maximum Gasteiger partial charge on any atom is 0.251 e. The summed E-state index contributed by atoms with van der Waals surface area (Å²) in [5.74, 6) is 1.18. The minimum Gasteiger partial charge on any atom is -0.347 e. The number of amides is 1. The van der Waals surface area contributed by atoms with Gasteiger partial charge in [-0.05, 0) is 75.1 Å². The summed E-state index contributed by atoms with van der Waals surface area (Å²) in [6.07, 6.45) is 3.77. The molecule has 0 saturated carbocycles. The molecule has 1 amide bonds. The van der Waals surface area contributed by atoms with Gasteiger partial charge in [-0.2, -0.15) is 0 Å². The van der Waals surface area contributed by atoms with Crippen molar-refractivity contribution in [2.75, 3.05) is 0 Å². The maximum absolute atomic E-state index is 13.0. The van der Waals surface area contributed by atoms with Gasteiger partial charge in [-0.1, -0.05) is 32.0 Å². The van der Waals surface area contributed by atoms with Crippen LogP contribution in [0.1, 0.15) is 67.8 Å². The summed E-state index contributed by atoms with van der Waals surface area (Å²) < 4.78 is 2.07. The molecule has 0 fully saturated rings. The quantitative estimate of drug-likeness (QED) is 0.612. The lowest BCUT2D eigenvalue weighted by Crippen LogP contribution is -2.40. The Balaban J connectivity index is 2.17. The lowest BCUT2D eigenvalue weighted by Gasteiger charge is -2.21. The van der Waals surface area contributed by atoms with E-state index in [-0.39, 0.29) is 17.4 Å². The van der Waals surface area contributed by atoms with Crippen LogP contribution in [0.3, 0.4) is 0 Å². The van der Waals surface area contributed by atoms with Crippen molar-refractivity contribution in [1.29, 1.82) is 0 Å². The Kier molecular flexibility index (Phi) is 5.65. The lowest BCUT2D eigenvalue weighted by molar-refractivity contribution is 0.0919. The zero-order valence-electron chi connectivity index (χ0n) is 18.5. The SMILES string of the molecule is Cc1ccc(-c2cc(C(=O)NC(C)(C)C)cc(-n3ccnc3C(C)C)c2)cc1C. The van der Waals surface area contributed by atoms with Gasteiger partial charge in [-0.25, -0.2) is 4.98 Å². The van der Waals surface area contributed by atoms with Crippen molar-refractivity contribution < 1.29 is 4.79 Å². The average Bonchev–Trinajstić information content (AvgIpc) is 3.12. The van der Waals surface area contributed by atoms with Gasteiger partial charge in [0.15, 0.2) is 0 Å². The van der Waals surface area contributed by atoms with Crippen molar-refractivity contribution in [2.24, 2.45) is 0 Å². The number of hydrogen-bond acceptors (Lipinski definition) is 2. The molecular formula is C25H31N3O. The summed E-state index contributed by atoms with van der Waals surface area (Å²) in [7, 11) is 0. The first-order valence-corrected chi connectivity index (χ1v) is 10.1. The number of carbonyl (C=O) groups is 1. The first-order valence-electron chi connectivity index (χ1n) is 10.1. The molecule has 3 aromatic rings. The minimum absolute atomic E-state index is 0.0735. The number of aromatic nitrogens is 2. The molecule has 29 heavy (non-hydrogen) atoms. The topological polar surface area (TPSA) is 46.9 Å². The van der Waals surface area contributed by atoms with Crippen LogP contribution in [-0.4, -0.2) is 21.0 Å². The molecule has 0 spiro atoms. The fraction of sp³-hybridized carbons (Fsp3) is 0.360. The molecule has 1 aromatic heterocycles. The highest BCUT2D eigenvalue weighted by Crippen LogP contribution is 2.28. The van der Waals surface area contributed by atoms with Gasteiger partial charge in [0.05, 0.1) is 0 Å². The Bertz CT molecular complexity index is 1040. The van der Waals surface area contributed by atoms with Gasteiger partial charge < -0.3 is 9.88 Å². The summed E-state index contributed by atoms with van der Waals surface area (Å²) in [5.41, 5.74) is 5.91. The van der Waals surface area contributed by atoms with Gasteiger partial charge in [-0.3, -0.25) is 4.79 Å². The number of rotatable bonds is 4. The molecule has 0 saturated heterocycles. The first kappa shape index (κ1) is 20.8. The molecule has 0 aliphatic heterocycles. The second-order valence-electron chi connectivity index (χ2n) is 9.08. The number of imidazole rings is 1. The van der Waals surface area contributed by atoms with Crippen molar-refractivity contribution in [3.05, 3.63) is 71.3 Å². The molecule has 0 aliphatic rings. The van der Waals surface area contributed by atoms with Crippen LogP contribution in [0.25, 0.3) is 16.8 Å². The van der Waals surface area contributed by atoms with Crippen LogP contribution < -0.4 is 5.32 Å². The molecule has 1 N–H and O–H groups in total. The van der Waals surface area contributed by atoms with Gasteiger partial charge in [0.1, 0.15) is 5.82 Å².